The van der Waals surface area contributed by atoms with Crippen molar-refractivity contribution in [3.8, 4) is 11.5 Å². The molecule has 1 aromatic rings. The van der Waals surface area contributed by atoms with Crippen LogP contribution in [0.2, 0.25) is 0 Å². The predicted molar refractivity (Wildman–Crippen MR) is 108 cm³/mol. The lowest BCUT2D eigenvalue weighted by atomic mass is 9.89. The molecule has 1 aliphatic carbocycles. The largest absolute Gasteiger partial charge is 0.454 e. The van der Waals surface area contributed by atoms with Crippen LogP contribution in [0, 0.1) is 5.92 Å². The molecule has 0 N–H and O–H groups in total. The van der Waals surface area contributed by atoms with Gasteiger partial charge in [-0.25, -0.2) is 8.42 Å². The van der Waals surface area contributed by atoms with Gasteiger partial charge in [0.2, 0.25) is 6.79 Å². The van der Waals surface area contributed by atoms with Crippen LogP contribution in [-0.4, -0.2) is 49.1 Å². The number of fused-ring (bicyclic) bond motifs is 2. The van der Waals surface area contributed by atoms with Crippen molar-refractivity contribution in [3.05, 3.63) is 18.2 Å². The van der Waals surface area contributed by atoms with Crippen LogP contribution in [0.4, 0.5) is 5.69 Å². The highest BCUT2D eigenvalue weighted by Gasteiger charge is 2.49. The summed E-state index contributed by atoms with van der Waals surface area (Å²) in [4.78, 5) is 19.2. The molecule has 2 atom stereocenters. The molecule has 9 heteroatoms. The van der Waals surface area contributed by atoms with Crippen LogP contribution in [0.15, 0.2) is 23.2 Å². The minimum absolute atomic E-state index is 0.00960. The van der Waals surface area contributed by atoms with E-state index in [1.165, 1.54) is 18.2 Å². The normalized spacial score (nSPS) is 30.0. The van der Waals surface area contributed by atoms with Gasteiger partial charge in [0.1, 0.15) is 0 Å². The summed E-state index contributed by atoms with van der Waals surface area (Å²) in [7, 11) is -3.09. The van der Waals surface area contributed by atoms with E-state index in [0.29, 0.717) is 16.7 Å². The molecule has 5 rings (SSSR count). The van der Waals surface area contributed by atoms with Crippen LogP contribution in [0.5, 0.6) is 11.5 Å². The number of carbonyl (C=O) groups excluding carboxylic acids is 1. The lowest BCUT2D eigenvalue weighted by Gasteiger charge is -2.25. The number of hydrogen-bond acceptors (Lipinski definition) is 6. The third-order valence-corrected chi connectivity index (χ3v) is 9.07. The average Bonchev–Trinajstić information content (AvgIpc) is 3.33. The summed E-state index contributed by atoms with van der Waals surface area (Å²) in [5.74, 6) is 1.42. The highest BCUT2D eigenvalue weighted by molar-refractivity contribution is 8.16. The van der Waals surface area contributed by atoms with E-state index in [1.54, 1.807) is 0 Å². The zero-order valence-electron chi connectivity index (χ0n) is 15.4. The number of carbonyl (C=O) groups is 1. The first-order valence-corrected chi connectivity index (χ1v) is 12.4. The van der Waals surface area contributed by atoms with Gasteiger partial charge in [0.25, 0.3) is 5.91 Å². The SMILES string of the molecule is O=C(N=C1SC2CS(=O)(=O)CC2N1c1ccc2c(c1)OCO2)C1CCCCC1. The Morgan fingerprint density at radius 2 is 1.89 bits per heavy atom. The second kappa shape index (κ2) is 6.95. The molecule has 0 aromatic heterocycles. The van der Waals surface area contributed by atoms with Crippen molar-refractivity contribution in [2.24, 2.45) is 10.9 Å². The lowest BCUT2D eigenvalue weighted by Crippen LogP contribution is -2.38. The van der Waals surface area contributed by atoms with Crippen molar-refractivity contribution in [1.82, 2.24) is 0 Å². The van der Waals surface area contributed by atoms with Crippen molar-refractivity contribution in [3.63, 3.8) is 0 Å². The van der Waals surface area contributed by atoms with Gasteiger partial charge in [-0.1, -0.05) is 31.0 Å². The Kier molecular flexibility index (Phi) is 4.54. The molecule has 4 aliphatic rings. The van der Waals surface area contributed by atoms with Crippen LogP contribution >= 0.6 is 11.8 Å². The molecule has 0 bridgehead atoms. The summed E-state index contributed by atoms with van der Waals surface area (Å²) in [6.45, 7) is 0.176. The number of anilines is 1. The minimum Gasteiger partial charge on any atom is -0.454 e. The summed E-state index contributed by atoms with van der Waals surface area (Å²) >= 11 is 1.42. The summed E-state index contributed by atoms with van der Waals surface area (Å²) in [6.07, 6.45) is 5.12. The smallest absolute Gasteiger partial charge is 0.251 e. The maximum Gasteiger partial charge on any atom is 0.251 e. The molecule has 7 nitrogen and oxygen atoms in total. The third-order valence-electron chi connectivity index (χ3n) is 5.86. The Morgan fingerprint density at radius 1 is 1.11 bits per heavy atom. The van der Waals surface area contributed by atoms with Crippen LogP contribution in [0.1, 0.15) is 32.1 Å². The fourth-order valence-corrected chi connectivity index (χ4v) is 8.36. The molecule has 2 saturated heterocycles. The molecule has 1 saturated carbocycles. The average molecular weight is 423 g/mol. The van der Waals surface area contributed by atoms with Crippen molar-refractivity contribution < 1.29 is 22.7 Å². The van der Waals surface area contributed by atoms with Gasteiger partial charge in [0, 0.05) is 22.9 Å². The Morgan fingerprint density at radius 3 is 2.71 bits per heavy atom. The van der Waals surface area contributed by atoms with Crippen LogP contribution in [0.3, 0.4) is 0 Å². The first-order chi connectivity index (χ1) is 13.5. The summed E-state index contributed by atoms with van der Waals surface area (Å²) < 4.78 is 35.2. The van der Waals surface area contributed by atoms with Crippen molar-refractivity contribution in [2.75, 3.05) is 23.2 Å². The monoisotopic (exact) mass is 422 g/mol. The molecule has 3 aliphatic heterocycles. The maximum absolute atomic E-state index is 12.8. The van der Waals surface area contributed by atoms with E-state index in [2.05, 4.69) is 4.99 Å². The first-order valence-electron chi connectivity index (χ1n) is 9.69. The van der Waals surface area contributed by atoms with E-state index >= 15 is 0 Å². The van der Waals surface area contributed by atoms with Crippen LogP contribution in [0.25, 0.3) is 0 Å². The predicted octanol–water partition coefficient (Wildman–Crippen LogP) is 2.60. The molecule has 150 valence electrons. The number of nitrogens with zero attached hydrogens (tertiary/aromatic N) is 2. The van der Waals surface area contributed by atoms with E-state index in [4.69, 9.17) is 9.47 Å². The van der Waals surface area contributed by atoms with E-state index in [9.17, 15) is 13.2 Å². The topological polar surface area (TPSA) is 85.3 Å². The number of hydrogen-bond donors (Lipinski definition) is 0. The maximum atomic E-state index is 12.8. The Bertz CT molecular complexity index is 940. The van der Waals surface area contributed by atoms with Gasteiger partial charge in [-0.15, -0.1) is 0 Å². The van der Waals surface area contributed by atoms with Gasteiger partial charge in [-0.05, 0) is 25.0 Å². The Labute approximate surface area is 168 Å². The van der Waals surface area contributed by atoms with Crippen molar-refractivity contribution >= 4 is 38.4 Å². The molecule has 1 amide bonds. The van der Waals surface area contributed by atoms with Gasteiger partial charge in [0.15, 0.2) is 26.5 Å². The van der Waals surface area contributed by atoms with E-state index in [-0.39, 0.29) is 41.4 Å². The Hall–Kier alpha value is -1.74. The number of ether oxygens (including phenoxy) is 2. The van der Waals surface area contributed by atoms with Gasteiger partial charge < -0.3 is 14.4 Å². The quantitative estimate of drug-likeness (QED) is 0.724. The number of rotatable bonds is 2. The number of sulfone groups is 1. The van der Waals surface area contributed by atoms with E-state index in [1.807, 2.05) is 23.1 Å². The molecule has 3 heterocycles. The van der Waals surface area contributed by atoms with Crippen molar-refractivity contribution in [1.29, 1.82) is 0 Å². The zero-order valence-corrected chi connectivity index (χ0v) is 17.0. The lowest BCUT2D eigenvalue weighted by molar-refractivity contribution is -0.122. The molecule has 3 fully saturated rings. The second-order valence-corrected chi connectivity index (χ2v) is 11.1. The molecular weight excluding hydrogens is 400 g/mol. The summed E-state index contributed by atoms with van der Waals surface area (Å²) in [5, 5.41) is 0.507. The number of aliphatic imine (C=N–C) groups is 1. The second-order valence-electron chi connectivity index (χ2n) is 7.78. The fourth-order valence-electron chi connectivity index (χ4n) is 4.44. The van der Waals surface area contributed by atoms with Gasteiger partial charge in [0.05, 0.1) is 17.5 Å². The first kappa shape index (κ1) is 18.3. The van der Waals surface area contributed by atoms with Gasteiger partial charge in [-0.2, -0.15) is 4.99 Å². The number of amidine groups is 1. The van der Waals surface area contributed by atoms with Crippen LogP contribution in [-0.2, 0) is 14.6 Å². The zero-order chi connectivity index (χ0) is 19.3. The number of thioether (sulfide) groups is 1. The molecule has 1 aromatic carbocycles. The summed E-state index contributed by atoms with van der Waals surface area (Å²) in [5.41, 5.74) is 0.788. The Balaban J connectivity index is 1.49. The fraction of sp³-hybridized carbons (Fsp3) is 0.579. The molecular formula is C19H22N2O5S2. The highest BCUT2D eigenvalue weighted by atomic mass is 32.2. The standard InChI is InChI=1S/C19H22N2O5S2/c22-18(12-4-2-1-3-5-12)20-19-21(14-9-28(23,24)10-17(14)27-19)13-6-7-15-16(8-13)26-11-25-15/h6-8,12,14,17H,1-5,9-11H2. The number of amides is 1. The van der Waals surface area contributed by atoms with E-state index in [0.717, 1.165) is 31.4 Å². The van der Waals surface area contributed by atoms with E-state index < -0.39 is 9.84 Å². The van der Waals surface area contributed by atoms with Gasteiger partial charge >= 0.3 is 0 Å². The van der Waals surface area contributed by atoms with Crippen LogP contribution < -0.4 is 14.4 Å². The molecule has 0 radical (unpaired) electrons. The summed E-state index contributed by atoms with van der Waals surface area (Å²) in [6, 6.07) is 5.33. The number of benzene rings is 1. The van der Waals surface area contributed by atoms with Crippen molar-refractivity contribution in [2.45, 2.75) is 43.4 Å². The molecule has 28 heavy (non-hydrogen) atoms. The van der Waals surface area contributed by atoms with Gasteiger partial charge in [-0.3, -0.25) is 4.79 Å². The highest BCUT2D eigenvalue weighted by Crippen LogP contribution is 2.44. The molecule has 2 unspecified atom stereocenters. The minimum atomic E-state index is -3.09. The third kappa shape index (κ3) is 3.28. The molecule has 0 spiro atoms.